The summed E-state index contributed by atoms with van der Waals surface area (Å²) in [6.45, 7) is 5.59. The number of hydrogen-bond acceptors (Lipinski definition) is 5. The number of nitriles is 2. The van der Waals surface area contributed by atoms with Gasteiger partial charge in [0, 0.05) is 16.3 Å². The fourth-order valence-corrected chi connectivity index (χ4v) is 3.62. The second kappa shape index (κ2) is 9.13. The molecule has 7 nitrogen and oxygen atoms in total. The molecule has 1 aliphatic heterocycles. The Morgan fingerprint density at radius 1 is 0.938 bits per heavy atom. The van der Waals surface area contributed by atoms with Gasteiger partial charge in [-0.15, -0.1) is 0 Å². The number of anilines is 2. The lowest BCUT2D eigenvalue weighted by Gasteiger charge is -2.31. The molecule has 8 heteroatoms. The molecule has 1 heterocycles. The molecule has 2 amide bonds. The molecule has 0 aliphatic carbocycles. The molecule has 32 heavy (non-hydrogen) atoms. The molecule has 0 saturated heterocycles. The van der Waals surface area contributed by atoms with Crippen molar-refractivity contribution in [1.82, 2.24) is 5.32 Å². The SMILES string of the molecule is CC(C)(C)NC(=C1C(=O)Nc2ccccc2NC1=O)C(c1ccc(Cl)cc1)C(C#N)C#N. The van der Waals surface area contributed by atoms with Gasteiger partial charge < -0.3 is 16.0 Å². The van der Waals surface area contributed by atoms with Gasteiger partial charge in [-0.05, 0) is 50.6 Å². The summed E-state index contributed by atoms with van der Waals surface area (Å²) in [6.07, 6.45) is 0. The van der Waals surface area contributed by atoms with Gasteiger partial charge in [-0.2, -0.15) is 10.5 Å². The van der Waals surface area contributed by atoms with Crippen LogP contribution in [-0.4, -0.2) is 17.4 Å². The molecular weight excluding hydrogens is 426 g/mol. The van der Waals surface area contributed by atoms with Crippen molar-refractivity contribution in [3.8, 4) is 12.1 Å². The minimum absolute atomic E-state index is 0.188. The highest BCUT2D eigenvalue weighted by Gasteiger charge is 2.37. The van der Waals surface area contributed by atoms with Crippen LogP contribution in [-0.2, 0) is 9.59 Å². The van der Waals surface area contributed by atoms with E-state index < -0.39 is 29.2 Å². The van der Waals surface area contributed by atoms with Crippen LogP contribution in [0.25, 0.3) is 0 Å². The van der Waals surface area contributed by atoms with E-state index in [9.17, 15) is 20.1 Å². The van der Waals surface area contributed by atoms with E-state index in [1.54, 1.807) is 48.5 Å². The number of hydrogen-bond donors (Lipinski definition) is 3. The van der Waals surface area contributed by atoms with Crippen molar-refractivity contribution in [3.05, 3.63) is 70.4 Å². The van der Waals surface area contributed by atoms with Gasteiger partial charge >= 0.3 is 0 Å². The van der Waals surface area contributed by atoms with Gasteiger partial charge in [-0.25, -0.2) is 0 Å². The summed E-state index contributed by atoms with van der Waals surface area (Å²) in [7, 11) is 0. The molecule has 0 aromatic heterocycles. The summed E-state index contributed by atoms with van der Waals surface area (Å²) in [5, 5.41) is 28.7. The Labute approximate surface area is 191 Å². The number of nitrogens with one attached hydrogen (secondary N) is 3. The van der Waals surface area contributed by atoms with Gasteiger partial charge in [0.05, 0.1) is 29.4 Å². The molecule has 0 fully saturated rings. The number of halogens is 1. The number of carbonyl (C=O) groups is 2. The first-order valence-electron chi connectivity index (χ1n) is 9.93. The number of carbonyl (C=O) groups excluding carboxylic acids is 2. The first-order valence-corrected chi connectivity index (χ1v) is 10.3. The molecule has 3 rings (SSSR count). The summed E-state index contributed by atoms with van der Waals surface area (Å²) in [6, 6.07) is 17.5. The number of nitrogens with zero attached hydrogens (tertiary/aromatic N) is 2. The van der Waals surface area contributed by atoms with E-state index >= 15 is 0 Å². The van der Waals surface area contributed by atoms with E-state index in [1.807, 2.05) is 32.9 Å². The van der Waals surface area contributed by atoms with E-state index in [0.29, 0.717) is 22.0 Å². The molecule has 2 aromatic carbocycles. The van der Waals surface area contributed by atoms with Crippen molar-refractivity contribution in [2.45, 2.75) is 32.2 Å². The van der Waals surface area contributed by atoms with Crippen LogP contribution in [0.2, 0.25) is 5.02 Å². The van der Waals surface area contributed by atoms with Crippen LogP contribution in [0.15, 0.2) is 59.8 Å². The Morgan fingerprint density at radius 2 is 1.44 bits per heavy atom. The lowest BCUT2D eigenvalue weighted by atomic mass is 9.82. The fourth-order valence-electron chi connectivity index (χ4n) is 3.49. The Morgan fingerprint density at radius 3 is 1.88 bits per heavy atom. The number of para-hydroxylation sites is 2. The average Bonchev–Trinajstić information content (AvgIpc) is 2.85. The highest BCUT2D eigenvalue weighted by molar-refractivity contribution is 6.30. The van der Waals surface area contributed by atoms with Gasteiger partial charge in [-0.3, -0.25) is 9.59 Å². The molecular formula is C24H22ClN5O2. The van der Waals surface area contributed by atoms with E-state index in [2.05, 4.69) is 16.0 Å². The maximum atomic E-state index is 13.2. The van der Waals surface area contributed by atoms with Crippen LogP contribution in [0.4, 0.5) is 11.4 Å². The molecule has 0 spiro atoms. The Kier molecular flexibility index (Phi) is 6.53. The van der Waals surface area contributed by atoms with Crippen molar-refractivity contribution in [1.29, 1.82) is 10.5 Å². The van der Waals surface area contributed by atoms with Crippen molar-refractivity contribution in [3.63, 3.8) is 0 Å². The van der Waals surface area contributed by atoms with Gasteiger partial charge in [0.15, 0.2) is 0 Å². The summed E-state index contributed by atoms with van der Waals surface area (Å²) < 4.78 is 0. The van der Waals surface area contributed by atoms with Gasteiger partial charge in [0.2, 0.25) is 0 Å². The lowest BCUT2D eigenvalue weighted by molar-refractivity contribution is -0.118. The van der Waals surface area contributed by atoms with Crippen LogP contribution in [0.3, 0.4) is 0 Å². The number of benzene rings is 2. The maximum absolute atomic E-state index is 13.2. The van der Waals surface area contributed by atoms with Crippen molar-refractivity contribution >= 4 is 34.8 Å². The zero-order valence-electron chi connectivity index (χ0n) is 17.9. The Balaban J connectivity index is 2.28. The van der Waals surface area contributed by atoms with Crippen LogP contribution in [0, 0.1) is 28.6 Å². The zero-order valence-corrected chi connectivity index (χ0v) is 18.6. The molecule has 1 atom stereocenters. The van der Waals surface area contributed by atoms with Gasteiger partial charge in [-0.1, -0.05) is 35.9 Å². The molecule has 162 valence electrons. The summed E-state index contributed by atoms with van der Waals surface area (Å²) in [5.74, 6) is -3.32. The quantitative estimate of drug-likeness (QED) is 0.476. The second-order valence-electron chi connectivity index (χ2n) is 8.38. The third-order valence-electron chi connectivity index (χ3n) is 4.81. The predicted octanol–water partition coefficient (Wildman–Crippen LogP) is 4.32. The highest BCUT2D eigenvalue weighted by Crippen LogP contribution is 2.36. The predicted molar refractivity (Wildman–Crippen MR) is 123 cm³/mol. The van der Waals surface area contributed by atoms with Crippen LogP contribution < -0.4 is 16.0 Å². The van der Waals surface area contributed by atoms with Crippen LogP contribution in [0.5, 0.6) is 0 Å². The largest absolute Gasteiger partial charge is 0.382 e. The van der Waals surface area contributed by atoms with Crippen LogP contribution in [0.1, 0.15) is 32.3 Å². The van der Waals surface area contributed by atoms with Crippen molar-refractivity contribution < 1.29 is 9.59 Å². The molecule has 3 N–H and O–H groups in total. The first kappa shape index (κ1) is 22.9. The highest BCUT2D eigenvalue weighted by atomic mass is 35.5. The number of rotatable bonds is 4. The van der Waals surface area contributed by atoms with Crippen LogP contribution >= 0.6 is 11.6 Å². The molecule has 0 saturated carbocycles. The second-order valence-corrected chi connectivity index (χ2v) is 8.82. The van der Waals surface area contributed by atoms with Crippen molar-refractivity contribution in [2.24, 2.45) is 5.92 Å². The van der Waals surface area contributed by atoms with Gasteiger partial charge in [0.25, 0.3) is 11.8 Å². The third kappa shape index (κ3) is 4.91. The van der Waals surface area contributed by atoms with E-state index in [-0.39, 0.29) is 11.3 Å². The smallest absolute Gasteiger partial charge is 0.263 e. The fraction of sp³-hybridized carbons (Fsp3) is 0.250. The van der Waals surface area contributed by atoms with E-state index in [1.165, 1.54) is 0 Å². The molecule has 1 unspecified atom stereocenters. The number of fused-ring (bicyclic) bond motifs is 1. The Hall–Kier alpha value is -3.81. The number of amides is 2. The molecule has 1 aliphatic rings. The topological polar surface area (TPSA) is 118 Å². The monoisotopic (exact) mass is 447 g/mol. The summed E-state index contributed by atoms with van der Waals surface area (Å²) in [5.41, 5.74) is 0.904. The number of allylic oxidation sites excluding steroid dienone is 1. The lowest BCUT2D eigenvalue weighted by Crippen LogP contribution is -2.41. The van der Waals surface area contributed by atoms with Crippen molar-refractivity contribution in [2.75, 3.05) is 10.6 Å². The van der Waals surface area contributed by atoms with E-state index in [0.717, 1.165) is 0 Å². The normalized spacial score (nSPS) is 14.3. The minimum Gasteiger partial charge on any atom is -0.382 e. The minimum atomic E-state index is -1.17. The molecule has 2 aromatic rings. The maximum Gasteiger partial charge on any atom is 0.263 e. The Bertz CT molecular complexity index is 1110. The molecule has 0 radical (unpaired) electrons. The van der Waals surface area contributed by atoms with E-state index in [4.69, 9.17) is 11.6 Å². The third-order valence-corrected chi connectivity index (χ3v) is 5.06. The van der Waals surface area contributed by atoms with Gasteiger partial charge in [0.1, 0.15) is 11.5 Å². The average molecular weight is 448 g/mol. The summed E-state index contributed by atoms with van der Waals surface area (Å²) in [4.78, 5) is 26.5. The summed E-state index contributed by atoms with van der Waals surface area (Å²) >= 11 is 6.03. The zero-order chi connectivity index (χ0) is 23.5. The first-order chi connectivity index (χ1) is 15.1. The molecule has 0 bridgehead atoms. The standard InChI is InChI=1S/C24H22ClN5O2/c1-24(2,3)30-21(19(15(12-26)13-27)14-8-10-16(25)11-9-14)20-22(31)28-17-6-4-5-7-18(17)29-23(20)32/h4-11,15,19,30H,1-3H3,(H,28,31)(H,29,32).